The lowest BCUT2D eigenvalue weighted by Crippen LogP contribution is -2.31. The first-order valence-corrected chi connectivity index (χ1v) is 4.60. The molecule has 2 heteroatoms. The van der Waals surface area contributed by atoms with Gasteiger partial charge in [0.05, 0.1) is 0 Å². The second kappa shape index (κ2) is 4.73. The fraction of sp³-hybridized carbons (Fsp3) is 1.00. The molecule has 0 spiro atoms. The summed E-state index contributed by atoms with van der Waals surface area (Å²) in [6.45, 7) is 7.48. The summed E-state index contributed by atoms with van der Waals surface area (Å²) in [5, 5.41) is 3.46. The quantitative estimate of drug-likeness (QED) is 0.676. The SMILES string of the molecule is CC(C)NCC1CCOCC1.[HH]. The van der Waals surface area contributed by atoms with Gasteiger partial charge < -0.3 is 10.1 Å². The molecule has 0 bridgehead atoms. The van der Waals surface area contributed by atoms with Crippen molar-refractivity contribution in [1.29, 1.82) is 0 Å². The van der Waals surface area contributed by atoms with E-state index in [1.54, 1.807) is 0 Å². The Hall–Kier alpha value is -0.0800. The maximum Gasteiger partial charge on any atom is 0.0469 e. The van der Waals surface area contributed by atoms with Crippen LogP contribution in [0.3, 0.4) is 0 Å². The van der Waals surface area contributed by atoms with Crippen molar-refractivity contribution in [3.8, 4) is 0 Å². The van der Waals surface area contributed by atoms with E-state index >= 15 is 0 Å². The van der Waals surface area contributed by atoms with Gasteiger partial charge in [0.2, 0.25) is 0 Å². The number of hydrogen-bond donors (Lipinski definition) is 1. The minimum absolute atomic E-state index is 0. The van der Waals surface area contributed by atoms with Crippen LogP contribution in [0.25, 0.3) is 0 Å². The molecular weight excluding hydrogens is 138 g/mol. The second-order valence-corrected chi connectivity index (χ2v) is 3.62. The first-order valence-electron chi connectivity index (χ1n) is 4.60. The van der Waals surface area contributed by atoms with Crippen molar-refractivity contribution in [2.45, 2.75) is 32.7 Å². The smallest absolute Gasteiger partial charge is 0.0469 e. The predicted molar refractivity (Wildman–Crippen MR) is 48.8 cm³/mol. The summed E-state index contributed by atoms with van der Waals surface area (Å²) in [6, 6.07) is 0.623. The van der Waals surface area contributed by atoms with Crippen LogP contribution in [-0.4, -0.2) is 25.8 Å². The highest BCUT2D eigenvalue weighted by atomic mass is 16.5. The molecule has 1 saturated heterocycles. The minimum Gasteiger partial charge on any atom is -0.381 e. The van der Waals surface area contributed by atoms with Gasteiger partial charge in [0.1, 0.15) is 0 Å². The molecule has 0 aromatic heterocycles. The fourth-order valence-corrected chi connectivity index (χ4v) is 1.35. The highest BCUT2D eigenvalue weighted by Crippen LogP contribution is 2.13. The number of ether oxygens (including phenoxy) is 1. The Morgan fingerprint density at radius 1 is 1.45 bits per heavy atom. The third-order valence-electron chi connectivity index (χ3n) is 2.16. The molecule has 1 heterocycles. The Balaban J connectivity index is 0.00000121. The molecule has 0 saturated carbocycles. The van der Waals surface area contributed by atoms with E-state index in [4.69, 9.17) is 4.74 Å². The molecule has 1 aliphatic heterocycles. The zero-order valence-electron chi connectivity index (χ0n) is 7.60. The second-order valence-electron chi connectivity index (χ2n) is 3.62. The molecule has 0 radical (unpaired) electrons. The van der Waals surface area contributed by atoms with E-state index in [9.17, 15) is 0 Å². The highest BCUT2D eigenvalue weighted by Gasteiger charge is 2.12. The normalized spacial score (nSPS) is 21.0. The minimum atomic E-state index is 0. The van der Waals surface area contributed by atoms with Crippen molar-refractivity contribution in [2.75, 3.05) is 19.8 Å². The van der Waals surface area contributed by atoms with Crippen LogP contribution in [0.15, 0.2) is 0 Å². The summed E-state index contributed by atoms with van der Waals surface area (Å²) < 4.78 is 5.28. The molecule has 11 heavy (non-hydrogen) atoms. The van der Waals surface area contributed by atoms with Crippen molar-refractivity contribution in [3.05, 3.63) is 0 Å². The molecule has 0 aliphatic carbocycles. The van der Waals surface area contributed by atoms with Gasteiger partial charge in [-0.2, -0.15) is 0 Å². The Morgan fingerprint density at radius 2 is 2.09 bits per heavy atom. The molecule has 1 aliphatic rings. The lowest BCUT2D eigenvalue weighted by molar-refractivity contribution is 0.0658. The van der Waals surface area contributed by atoms with E-state index in [2.05, 4.69) is 19.2 Å². The van der Waals surface area contributed by atoms with Crippen molar-refractivity contribution >= 4 is 0 Å². The molecule has 2 nitrogen and oxygen atoms in total. The Bertz CT molecular complexity index is 103. The van der Waals surface area contributed by atoms with Gasteiger partial charge in [-0.15, -0.1) is 0 Å². The lowest BCUT2D eigenvalue weighted by Gasteiger charge is -2.23. The van der Waals surface area contributed by atoms with Gasteiger partial charge >= 0.3 is 0 Å². The van der Waals surface area contributed by atoms with Gasteiger partial charge in [0.25, 0.3) is 0 Å². The first-order chi connectivity index (χ1) is 5.29. The Labute approximate surface area is 70.8 Å². The van der Waals surface area contributed by atoms with E-state index in [0.29, 0.717) is 6.04 Å². The van der Waals surface area contributed by atoms with Crippen LogP contribution in [0.2, 0.25) is 0 Å². The van der Waals surface area contributed by atoms with Gasteiger partial charge in [0.15, 0.2) is 0 Å². The maximum atomic E-state index is 5.28. The monoisotopic (exact) mass is 159 g/mol. The molecule has 0 aromatic carbocycles. The molecular formula is C9H21NO. The third kappa shape index (κ3) is 3.73. The van der Waals surface area contributed by atoms with E-state index in [0.717, 1.165) is 19.1 Å². The van der Waals surface area contributed by atoms with Crippen molar-refractivity contribution < 1.29 is 6.16 Å². The number of nitrogens with one attached hydrogen (secondary N) is 1. The average molecular weight is 159 g/mol. The van der Waals surface area contributed by atoms with Crippen LogP contribution in [0.1, 0.15) is 28.1 Å². The van der Waals surface area contributed by atoms with Gasteiger partial charge in [-0.05, 0) is 25.3 Å². The largest absolute Gasteiger partial charge is 0.381 e. The molecule has 0 atom stereocenters. The third-order valence-corrected chi connectivity index (χ3v) is 2.16. The molecule has 1 N–H and O–H groups in total. The summed E-state index contributed by atoms with van der Waals surface area (Å²) in [6.07, 6.45) is 2.47. The van der Waals surface area contributed by atoms with Crippen LogP contribution in [0, 0.1) is 5.92 Å². The summed E-state index contributed by atoms with van der Waals surface area (Å²) in [4.78, 5) is 0. The molecule has 1 rings (SSSR count). The zero-order chi connectivity index (χ0) is 8.10. The van der Waals surface area contributed by atoms with Crippen LogP contribution in [0.4, 0.5) is 0 Å². The Kier molecular flexibility index (Phi) is 3.87. The average Bonchev–Trinajstić information content (AvgIpc) is 2.03. The summed E-state index contributed by atoms with van der Waals surface area (Å²) in [5.74, 6) is 0.853. The van der Waals surface area contributed by atoms with E-state index in [-0.39, 0.29) is 1.43 Å². The Morgan fingerprint density at radius 3 is 2.64 bits per heavy atom. The van der Waals surface area contributed by atoms with Crippen LogP contribution < -0.4 is 5.32 Å². The summed E-state index contributed by atoms with van der Waals surface area (Å²) in [7, 11) is 0. The fourth-order valence-electron chi connectivity index (χ4n) is 1.35. The predicted octanol–water partition coefficient (Wildman–Crippen LogP) is 1.66. The maximum absolute atomic E-state index is 5.28. The number of hydrogen-bond acceptors (Lipinski definition) is 2. The van der Waals surface area contributed by atoms with Gasteiger partial charge in [0, 0.05) is 20.7 Å². The van der Waals surface area contributed by atoms with Crippen molar-refractivity contribution in [3.63, 3.8) is 0 Å². The van der Waals surface area contributed by atoms with Crippen LogP contribution in [-0.2, 0) is 4.74 Å². The van der Waals surface area contributed by atoms with E-state index < -0.39 is 0 Å². The topological polar surface area (TPSA) is 21.3 Å². The summed E-state index contributed by atoms with van der Waals surface area (Å²) >= 11 is 0. The molecule has 0 amide bonds. The zero-order valence-corrected chi connectivity index (χ0v) is 7.60. The lowest BCUT2D eigenvalue weighted by atomic mass is 10.0. The molecule has 0 unspecified atom stereocenters. The van der Waals surface area contributed by atoms with Crippen LogP contribution in [0.5, 0.6) is 0 Å². The molecule has 0 aromatic rings. The van der Waals surface area contributed by atoms with E-state index in [1.807, 2.05) is 0 Å². The highest BCUT2D eigenvalue weighted by molar-refractivity contribution is 4.67. The van der Waals surface area contributed by atoms with Gasteiger partial charge in [-0.25, -0.2) is 0 Å². The number of rotatable bonds is 3. The van der Waals surface area contributed by atoms with Gasteiger partial charge in [-0.1, -0.05) is 13.8 Å². The van der Waals surface area contributed by atoms with Crippen LogP contribution >= 0.6 is 0 Å². The first kappa shape index (κ1) is 9.01. The molecule has 1 fully saturated rings. The summed E-state index contributed by atoms with van der Waals surface area (Å²) in [5.41, 5.74) is 0. The van der Waals surface area contributed by atoms with E-state index in [1.165, 1.54) is 19.4 Å². The van der Waals surface area contributed by atoms with Crippen molar-refractivity contribution in [1.82, 2.24) is 5.32 Å². The molecule has 68 valence electrons. The van der Waals surface area contributed by atoms with Crippen molar-refractivity contribution in [2.24, 2.45) is 5.92 Å². The standard InChI is InChI=1S/C9H19NO.H2/c1-8(2)10-7-9-3-5-11-6-4-9;/h8-10H,3-7H2,1-2H3;1H. The van der Waals surface area contributed by atoms with Gasteiger partial charge in [-0.3, -0.25) is 0 Å².